The van der Waals surface area contributed by atoms with E-state index in [1.54, 1.807) is 0 Å². The maximum Gasteiger partial charge on any atom is -0.0412 e. The molecular formula is C9H18. The van der Waals surface area contributed by atoms with E-state index in [1.807, 2.05) is 0 Å². The van der Waals surface area contributed by atoms with Crippen molar-refractivity contribution in [3.63, 3.8) is 0 Å². The van der Waals surface area contributed by atoms with E-state index < -0.39 is 0 Å². The van der Waals surface area contributed by atoms with Crippen molar-refractivity contribution in [1.29, 1.82) is 0 Å². The van der Waals surface area contributed by atoms with Gasteiger partial charge in [0.15, 0.2) is 0 Å². The maximum absolute atomic E-state index is 2.39. The van der Waals surface area contributed by atoms with Gasteiger partial charge in [-0.05, 0) is 18.3 Å². The molecular weight excluding hydrogens is 108 g/mol. The molecule has 0 aromatic rings. The van der Waals surface area contributed by atoms with Crippen molar-refractivity contribution in [2.45, 2.75) is 46.0 Å². The van der Waals surface area contributed by atoms with Crippen LogP contribution < -0.4 is 0 Å². The molecule has 0 radical (unpaired) electrons. The third kappa shape index (κ3) is 2.88. The minimum atomic E-state index is 1.00. The Labute approximate surface area is 58.7 Å². The van der Waals surface area contributed by atoms with Crippen LogP contribution in [0.5, 0.6) is 0 Å². The lowest BCUT2D eigenvalue weighted by Crippen LogP contribution is -1.93. The Morgan fingerprint density at radius 2 is 2.11 bits per heavy atom. The number of hydrogen-bond donors (Lipinski definition) is 0. The van der Waals surface area contributed by atoms with Crippen LogP contribution in [0.1, 0.15) is 46.0 Å². The quantitative estimate of drug-likeness (QED) is 0.542. The summed E-state index contributed by atoms with van der Waals surface area (Å²) < 4.78 is 0. The molecule has 0 aliphatic heterocycles. The zero-order valence-corrected chi connectivity index (χ0v) is 6.69. The van der Waals surface area contributed by atoms with Crippen LogP contribution in [0.25, 0.3) is 0 Å². The van der Waals surface area contributed by atoms with Crippen molar-refractivity contribution < 1.29 is 0 Å². The van der Waals surface area contributed by atoms with Crippen molar-refractivity contribution >= 4 is 0 Å². The Bertz CT molecular complexity index is 72.1. The van der Waals surface area contributed by atoms with Crippen LogP contribution in [-0.4, -0.2) is 0 Å². The second-order valence-corrected chi connectivity index (χ2v) is 3.57. The molecule has 0 saturated heterocycles. The largest absolute Gasteiger partial charge is 0.0654 e. The predicted octanol–water partition coefficient (Wildman–Crippen LogP) is 3.22. The summed E-state index contributed by atoms with van der Waals surface area (Å²) in [6, 6.07) is 0. The normalized spacial score (nSPS) is 22.0. The van der Waals surface area contributed by atoms with E-state index in [0.717, 1.165) is 11.8 Å². The summed E-state index contributed by atoms with van der Waals surface area (Å²) in [7, 11) is 0. The fraction of sp³-hybridized carbons (Fsp3) is 1.00. The molecule has 0 amide bonds. The van der Waals surface area contributed by atoms with Crippen molar-refractivity contribution in [2.75, 3.05) is 0 Å². The van der Waals surface area contributed by atoms with Crippen LogP contribution in [0, 0.1) is 11.8 Å². The smallest absolute Gasteiger partial charge is 0.0412 e. The summed E-state index contributed by atoms with van der Waals surface area (Å²) in [6.07, 6.45) is 7.36. The minimum absolute atomic E-state index is 1.00. The highest BCUT2D eigenvalue weighted by Crippen LogP contribution is 2.36. The summed E-state index contributed by atoms with van der Waals surface area (Å²) in [5, 5.41) is 0. The van der Waals surface area contributed by atoms with Crippen LogP contribution in [0.3, 0.4) is 0 Å². The molecule has 0 nitrogen and oxygen atoms in total. The van der Waals surface area contributed by atoms with Gasteiger partial charge in [0.05, 0.1) is 0 Å². The van der Waals surface area contributed by atoms with Gasteiger partial charge in [-0.1, -0.05) is 39.5 Å². The highest BCUT2D eigenvalue weighted by molar-refractivity contribution is 4.74. The van der Waals surface area contributed by atoms with Crippen LogP contribution in [-0.2, 0) is 0 Å². The Hall–Kier alpha value is 0. The first-order chi connectivity index (χ1) is 4.33. The van der Waals surface area contributed by atoms with Crippen molar-refractivity contribution in [1.82, 2.24) is 0 Å². The average molecular weight is 126 g/mol. The fourth-order valence-corrected chi connectivity index (χ4v) is 1.53. The molecule has 1 aliphatic carbocycles. The van der Waals surface area contributed by atoms with Crippen molar-refractivity contribution in [3.05, 3.63) is 0 Å². The molecule has 0 aromatic heterocycles. The zero-order chi connectivity index (χ0) is 6.69. The van der Waals surface area contributed by atoms with Gasteiger partial charge in [0.1, 0.15) is 0 Å². The molecule has 1 atom stereocenters. The Morgan fingerprint density at radius 3 is 2.56 bits per heavy atom. The number of rotatable bonds is 4. The van der Waals surface area contributed by atoms with Gasteiger partial charge in [0.2, 0.25) is 0 Å². The molecule has 1 aliphatic rings. The van der Waals surface area contributed by atoms with E-state index in [9.17, 15) is 0 Å². The molecule has 0 heterocycles. The first-order valence-electron chi connectivity index (χ1n) is 4.33. The van der Waals surface area contributed by atoms with E-state index in [0.29, 0.717) is 0 Å². The lowest BCUT2D eigenvalue weighted by molar-refractivity contribution is 0.458. The highest BCUT2D eigenvalue weighted by Gasteiger charge is 2.22. The first-order valence-corrected chi connectivity index (χ1v) is 4.33. The zero-order valence-electron chi connectivity index (χ0n) is 6.69. The van der Waals surface area contributed by atoms with Crippen molar-refractivity contribution in [3.8, 4) is 0 Å². The third-order valence-corrected chi connectivity index (χ3v) is 2.21. The highest BCUT2D eigenvalue weighted by atomic mass is 14.3. The molecule has 1 saturated carbocycles. The molecule has 54 valence electrons. The molecule has 0 aromatic carbocycles. The van der Waals surface area contributed by atoms with E-state index in [-0.39, 0.29) is 0 Å². The van der Waals surface area contributed by atoms with E-state index in [2.05, 4.69) is 13.8 Å². The fourth-order valence-electron chi connectivity index (χ4n) is 1.53. The Morgan fingerprint density at radius 1 is 1.44 bits per heavy atom. The predicted molar refractivity (Wildman–Crippen MR) is 41.4 cm³/mol. The van der Waals surface area contributed by atoms with Crippen LogP contribution in [0.15, 0.2) is 0 Å². The topological polar surface area (TPSA) is 0 Å². The van der Waals surface area contributed by atoms with Gasteiger partial charge >= 0.3 is 0 Å². The van der Waals surface area contributed by atoms with Gasteiger partial charge < -0.3 is 0 Å². The molecule has 1 unspecified atom stereocenters. The van der Waals surface area contributed by atoms with Gasteiger partial charge in [-0.3, -0.25) is 0 Å². The van der Waals surface area contributed by atoms with E-state index in [4.69, 9.17) is 0 Å². The van der Waals surface area contributed by atoms with Gasteiger partial charge in [0, 0.05) is 0 Å². The molecule has 0 N–H and O–H groups in total. The SMILES string of the molecule is CCCC(C)CC1CC1. The molecule has 1 fully saturated rings. The summed E-state index contributed by atoms with van der Waals surface area (Å²) >= 11 is 0. The second kappa shape index (κ2) is 3.24. The minimum Gasteiger partial charge on any atom is -0.0654 e. The lowest BCUT2D eigenvalue weighted by Gasteiger charge is -2.06. The standard InChI is InChI=1S/C9H18/c1-3-4-8(2)7-9-5-6-9/h8-9H,3-7H2,1-2H3. The molecule has 0 bridgehead atoms. The molecule has 0 spiro atoms. The van der Waals surface area contributed by atoms with E-state index >= 15 is 0 Å². The average Bonchev–Trinajstić information content (AvgIpc) is 2.50. The molecule has 1 rings (SSSR count). The summed E-state index contributed by atoms with van der Waals surface area (Å²) in [5.74, 6) is 2.13. The summed E-state index contributed by atoms with van der Waals surface area (Å²) in [5.41, 5.74) is 0. The van der Waals surface area contributed by atoms with Gasteiger partial charge in [-0.15, -0.1) is 0 Å². The van der Waals surface area contributed by atoms with Crippen LogP contribution >= 0.6 is 0 Å². The second-order valence-electron chi connectivity index (χ2n) is 3.57. The van der Waals surface area contributed by atoms with Gasteiger partial charge in [-0.2, -0.15) is 0 Å². The van der Waals surface area contributed by atoms with Crippen LogP contribution in [0.4, 0.5) is 0 Å². The molecule has 9 heavy (non-hydrogen) atoms. The van der Waals surface area contributed by atoms with E-state index in [1.165, 1.54) is 32.1 Å². The third-order valence-electron chi connectivity index (χ3n) is 2.21. The van der Waals surface area contributed by atoms with Gasteiger partial charge in [0.25, 0.3) is 0 Å². The summed E-state index contributed by atoms with van der Waals surface area (Å²) in [6.45, 7) is 4.67. The Kier molecular flexibility index (Phi) is 2.56. The first kappa shape index (κ1) is 7.11. The lowest BCUT2D eigenvalue weighted by atomic mass is 10.00. The number of hydrogen-bond acceptors (Lipinski definition) is 0. The van der Waals surface area contributed by atoms with Crippen LogP contribution in [0.2, 0.25) is 0 Å². The van der Waals surface area contributed by atoms with Gasteiger partial charge in [-0.25, -0.2) is 0 Å². The molecule has 0 heteroatoms. The maximum atomic E-state index is 2.39. The monoisotopic (exact) mass is 126 g/mol. The summed E-state index contributed by atoms with van der Waals surface area (Å²) in [4.78, 5) is 0. The Balaban J connectivity index is 1.95. The van der Waals surface area contributed by atoms with Crippen molar-refractivity contribution in [2.24, 2.45) is 11.8 Å².